The summed E-state index contributed by atoms with van der Waals surface area (Å²) in [6, 6.07) is 4.98. The van der Waals surface area contributed by atoms with E-state index in [9.17, 15) is 4.79 Å². The van der Waals surface area contributed by atoms with Crippen LogP contribution in [0.2, 0.25) is 5.02 Å². The van der Waals surface area contributed by atoms with Crippen LogP contribution in [-0.4, -0.2) is 24.0 Å². The maximum atomic E-state index is 11.5. The van der Waals surface area contributed by atoms with Gasteiger partial charge in [-0.2, -0.15) is 4.68 Å². The summed E-state index contributed by atoms with van der Waals surface area (Å²) in [5, 5.41) is 4.08. The number of aromatic nitrogens is 2. The first kappa shape index (κ1) is 11.5. The van der Waals surface area contributed by atoms with Crippen molar-refractivity contribution in [3.05, 3.63) is 33.8 Å². The van der Waals surface area contributed by atoms with Gasteiger partial charge in [-0.3, -0.25) is 0 Å². The van der Waals surface area contributed by atoms with Crippen LogP contribution in [0.25, 0.3) is 5.69 Å². The van der Waals surface area contributed by atoms with E-state index in [2.05, 4.69) is 5.10 Å². The van der Waals surface area contributed by atoms with E-state index in [4.69, 9.17) is 25.5 Å². The molecule has 0 N–H and O–H groups in total. The topological polar surface area (TPSA) is 66.5 Å². The van der Waals surface area contributed by atoms with Gasteiger partial charge < -0.3 is 13.9 Å². The minimum absolute atomic E-state index is 0.131. The average molecular weight is 257 g/mol. The Balaban J connectivity index is 2.60. The van der Waals surface area contributed by atoms with E-state index in [1.807, 2.05) is 0 Å². The number of nitrogens with zero attached hydrogens (tertiary/aromatic N) is 2. The quantitative estimate of drug-likeness (QED) is 0.832. The SMILES string of the molecule is COc1nn(-c2cccc(OC)c2Cl)c(=O)o1. The van der Waals surface area contributed by atoms with Crippen LogP contribution < -0.4 is 15.2 Å². The fraction of sp³-hybridized carbons (Fsp3) is 0.200. The van der Waals surface area contributed by atoms with Crippen LogP contribution in [0.5, 0.6) is 11.8 Å². The van der Waals surface area contributed by atoms with Crippen molar-refractivity contribution < 1.29 is 13.9 Å². The van der Waals surface area contributed by atoms with E-state index < -0.39 is 5.76 Å². The van der Waals surface area contributed by atoms with Crippen molar-refractivity contribution in [1.29, 1.82) is 0 Å². The zero-order valence-corrected chi connectivity index (χ0v) is 9.89. The summed E-state index contributed by atoms with van der Waals surface area (Å²) in [6.07, 6.45) is -0.131. The van der Waals surface area contributed by atoms with Crippen molar-refractivity contribution in [1.82, 2.24) is 9.78 Å². The molecule has 0 spiro atoms. The minimum Gasteiger partial charge on any atom is -0.495 e. The number of benzene rings is 1. The fourth-order valence-electron chi connectivity index (χ4n) is 1.32. The second kappa shape index (κ2) is 4.50. The molecular weight excluding hydrogens is 248 g/mol. The molecule has 0 saturated heterocycles. The highest BCUT2D eigenvalue weighted by atomic mass is 35.5. The van der Waals surface area contributed by atoms with Crippen LogP contribution in [0.15, 0.2) is 27.4 Å². The van der Waals surface area contributed by atoms with E-state index in [-0.39, 0.29) is 11.1 Å². The highest BCUT2D eigenvalue weighted by Gasteiger charge is 2.15. The summed E-state index contributed by atoms with van der Waals surface area (Å²) >= 11 is 6.06. The molecule has 0 fully saturated rings. The predicted octanol–water partition coefficient (Wildman–Crippen LogP) is 1.50. The standard InChI is InChI=1S/C10H9ClN2O4/c1-15-7-5-3-4-6(8(7)11)13-10(14)17-9(12-13)16-2/h3-5H,1-2H3. The van der Waals surface area contributed by atoms with Gasteiger partial charge in [0, 0.05) is 0 Å². The van der Waals surface area contributed by atoms with Crippen LogP contribution in [-0.2, 0) is 0 Å². The van der Waals surface area contributed by atoms with Crippen LogP contribution in [0.4, 0.5) is 0 Å². The maximum absolute atomic E-state index is 11.5. The second-order valence-electron chi connectivity index (χ2n) is 3.04. The van der Waals surface area contributed by atoms with Crippen molar-refractivity contribution in [3.63, 3.8) is 0 Å². The lowest BCUT2D eigenvalue weighted by Crippen LogP contribution is -2.14. The Morgan fingerprint density at radius 1 is 1.35 bits per heavy atom. The summed E-state index contributed by atoms with van der Waals surface area (Å²) in [6.45, 7) is 0. The average Bonchev–Trinajstić information content (AvgIpc) is 2.71. The normalized spacial score (nSPS) is 10.3. The van der Waals surface area contributed by atoms with Crippen molar-refractivity contribution in [2.75, 3.05) is 14.2 Å². The summed E-state index contributed by atoms with van der Waals surface area (Å²) < 4.78 is 15.5. The number of rotatable bonds is 3. The minimum atomic E-state index is -0.683. The van der Waals surface area contributed by atoms with Gasteiger partial charge in [-0.1, -0.05) is 22.8 Å². The van der Waals surface area contributed by atoms with E-state index >= 15 is 0 Å². The first-order valence-corrected chi connectivity index (χ1v) is 5.02. The predicted molar refractivity (Wildman–Crippen MR) is 60.2 cm³/mol. The summed E-state index contributed by atoms with van der Waals surface area (Å²) in [4.78, 5) is 11.5. The number of ether oxygens (including phenoxy) is 2. The van der Waals surface area contributed by atoms with Gasteiger partial charge in [-0.25, -0.2) is 4.79 Å². The van der Waals surface area contributed by atoms with E-state index in [0.29, 0.717) is 11.4 Å². The van der Waals surface area contributed by atoms with Gasteiger partial charge in [0.15, 0.2) is 0 Å². The third-order valence-corrected chi connectivity index (χ3v) is 2.47. The summed E-state index contributed by atoms with van der Waals surface area (Å²) in [5.74, 6) is -0.241. The van der Waals surface area contributed by atoms with Crippen molar-refractivity contribution in [3.8, 4) is 17.5 Å². The van der Waals surface area contributed by atoms with Gasteiger partial charge >= 0.3 is 11.8 Å². The number of hydrogen-bond donors (Lipinski definition) is 0. The maximum Gasteiger partial charge on any atom is 0.444 e. The zero-order valence-electron chi connectivity index (χ0n) is 9.14. The molecule has 1 heterocycles. The summed E-state index contributed by atoms with van der Waals surface area (Å²) in [5.41, 5.74) is 0.364. The van der Waals surface area contributed by atoms with Gasteiger partial charge in [-0.05, 0) is 12.1 Å². The molecule has 0 aliphatic heterocycles. The van der Waals surface area contributed by atoms with Gasteiger partial charge in [0.1, 0.15) is 10.8 Å². The molecule has 0 bridgehead atoms. The molecule has 0 saturated carbocycles. The van der Waals surface area contributed by atoms with Crippen LogP contribution in [0, 0.1) is 0 Å². The molecule has 90 valence electrons. The monoisotopic (exact) mass is 256 g/mol. The number of hydrogen-bond acceptors (Lipinski definition) is 5. The van der Waals surface area contributed by atoms with Gasteiger partial charge in [0.05, 0.1) is 19.9 Å². The third kappa shape index (κ3) is 1.99. The Morgan fingerprint density at radius 3 is 2.71 bits per heavy atom. The van der Waals surface area contributed by atoms with Crippen LogP contribution >= 0.6 is 11.6 Å². The molecule has 0 atom stereocenters. The first-order chi connectivity index (χ1) is 8.17. The fourth-order valence-corrected chi connectivity index (χ4v) is 1.60. The highest BCUT2D eigenvalue weighted by Crippen LogP contribution is 2.29. The Labute approximate surface area is 101 Å². The third-order valence-electron chi connectivity index (χ3n) is 2.09. The molecule has 7 heteroatoms. The Kier molecular flexibility index (Phi) is 3.06. The molecule has 0 unspecified atom stereocenters. The zero-order chi connectivity index (χ0) is 12.4. The van der Waals surface area contributed by atoms with Crippen LogP contribution in [0.1, 0.15) is 0 Å². The molecule has 0 radical (unpaired) electrons. The largest absolute Gasteiger partial charge is 0.495 e. The van der Waals surface area contributed by atoms with Gasteiger partial charge in [0.25, 0.3) is 0 Å². The Morgan fingerprint density at radius 2 is 2.12 bits per heavy atom. The van der Waals surface area contributed by atoms with Gasteiger partial charge in [-0.15, -0.1) is 0 Å². The van der Waals surface area contributed by atoms with E-state index in [1.54, 1.807) is 18.2 Å². The highest BCUT2D eigenvalue weighted by molar-refractivity contribution is 6.33. The second-order valence-corrected chi connectivity index (χ2v) is 3.42. The molecule has 6 nitrogen and oxygen atoms in total. The molecule has 0 aliphatic rings. The van der Waals surface area contributed by atoms with E-state index in [1.165, 1.54) is 14.2 Å². The Bertz CT molecular complexity index is 590. The lowest BCUT2D eigenvalue weighted by molar-refractivity contribution is 0.282. The van der Waals surface area contributed by atoms with Gasteiger partial charge in [0.2, 0.25) is 0 Å². The van der Waals surface area contributed by atoms with Crippen molar-refractivity contribution >= 4 is 11.6 Å². The molecule has 1 aromatic carbocycles. The molecule has 0 amide bonds. The molecule has 17 heavy (non-hydrogen) atoms. The lowest BCUT2D eigenvalue weighted by atomic mass is 10.3. The van der Waals surface area contributed by atoms with E-state index in [0.717, 1.165) is 4.68 Å². The molecule has 2 rings (SSSR count). The smallest absolute Gasteiger partial charge is 0.444 e. The molecule has 0 aliphatic carbocycles. The van der Waals surface area contributed by atoms with Crippen molar-refractivity contribution in [2.24, 2.45) is 0 Å². The lowest BCUT2D eigenvalue weighted by Gasteiger charge is -2.06. The van der Waals surface area contributed by atoms with Crippen LogP contribution in [0.3, 0.4) is 0 Å². The summed E-state index contributed by atoms with van der Waals surface area (Å²) in [7, 11) is 2.83. The number of methoxy groups -OCH3 is 2. The molecular formula is C10H9ClN2O4. The molecule has 1 aromatic heterocycles. The first-order valence-electron chi connectivity index (χ1n) is 4.64. The van der Waals surface area contributed by atoms with Crippen molar-refractivity contribution in [2.45, 2.75) is 0 Å². The molecule has 2 aromatic rings. The Hall–Kier alpha value is -1.95. The number of halogens is 1.